The van der Waals surface area contributed by atoms with E-state index in [9.17, 15) is 14.4 Å². The Bertz CT molecular complexity index is 1250. The molecule has 0 saturated carbocycles. The van der Waals surface area contributed by atoms with Crippen LogP contribution < -0.4 is 0 Å². The van der Waals surface area contributed by atoms with Crippen molar-refractivity contribution in [3.8, 4) is 0 Å². The third-order valence-corrected chi connectivity index (χ3v) is 10.1. The molecule has 0 aromatic rings. The topological polar surface area (TPSA) is 78.9 Å². The van der Waals surface area contributed by atoms with Gasteiger partial charge in [-0.1, -0.05) is 195 Å². The Balaban J connectivity index is 4.38. The number of rotatable bonds is 43. The number of hydrogen-bond acceptors (Lipinski definition) is 6. The smallest absolute Gasteiger partial charge is 0.306 e. The number of allylic oxidation sites excluding steroid dienone is 16. The van der Waals surface area contributed by atoms with Crippen LogP contribution in [0.3, 0.4) is 0 Å². The van der Waals surface area contributed by atoms with Crippen molar-refractivity contribution in [2.24, 2.45) is 0 Å². The summed E-state index contributed by atoms with van der Waals surface area (Å²) in [6, 6.07) is 0. The first-order chi connectivity index (χ1) is 30.0. The van der Waals surface area contributed by atoms with E-state index in [1.54, 1.807) is 0 Å². The SMILES string of the molecule is CC/C=C\C/C=C\C/C=C\C/C=C\C/C=C\C/C=C\C/C=C\CCCC(=O)OCC(COC(=O)CCCCCCCCC)OC(=O)CCCCCCC/C=C\CCCCCC. The van der Waals surface area contributed by atoms with E-state index in [2.05, 4.69) is 118 Å². The molecule has 6 heteroatoms. The Kier molecular flexibility index (Phi) is 46.0. The lowest BCUT2D eigenvalue weighted by atomic mass is 10.1. The van der Waals surface area contributed by atoms with Crippen molar-refractivity contribution in [3.05, 3.63) is 97.2 Å². The van der Waals surface area contributed by atoms with Gasteiger partial charge in [-0.25, -0.2) is 0 Å². The molecule has 0 aliphatic carbocycles. The summed E-state index contributed by atoms with van der Waals surface area (Å²) >= 11 is 0. The number of carbonyl (C=O) groups is 3. The molecule has 0 radical (unpaired) electrons. The van der Waals surface area contributed by atoms with Crippen molar-refractivity contribution >= 4 is 17.9 Å². The second-order valence-electron chi connectivity index (χ2n) is 16.0. The maximum atomic E-state index is 12.7. The molecule has 346 valence electrons. The molecule has 0 fully saturated rings. The first-order valence-corrected chi connectivity index (χ1v) is 24.7. The zero-order chi connectivity index (χ0) is 44.4. The number of esters is 3. The van der Waals surface area contributed by atoms with Gasteiger partial charge in [0.15, 0.2) is 6.10 Å². The first kappa shape index (κ1) is 57.3. The van der Waals surface area contributed by atoms with Crippen molar-refractivity contribution in [1.82, 2.24) is 0 Å². The molecule has 0 saturated heterocycles. The van der Waals surface area contributed by atoms with Gasteiger partial charge in [-0.3, -0.25) is 14.4 Å². The zero-order valence-corrected chi connectivity index (χ0v) is 39.4. The van der Waals surface area contributed by atoms with Crippen LogP contribution in [0, 0.1) is 0 Å². The Morgan fingerprint density at radius 1 is 0.344 bits per heavy atom. The van der Waals surface area contributed by atoms with Gasteiger partial charge < -0.3 is 14.2 Å². The second-order valence-corrected chi connectivity index (χ2v) is 16.0. The maximum absolute atomic E-state index is 12.7. The average Bonchev–Trinajstić information content (AvgIpc) is 3.26. The van der Waals surface area contributed by atoms with Gasteiger partial charge in [0.05, 0.1) is 0 Å². The van der Waals surface area contributed by atoms with Gasteiger partial charge in [0.1, 0.15) is 13.2 Å². The summed E-state index contributed by atoms with van der Waals surface area (Å²) in [7, 11) is 0. The fraction of sp³-hybridized carbons (Fsp3) is 0.655. The Morgan fingerprint density at radius 3 is 1.10 bits per heavy atom. The van der Waals surface area contributed by atoms with Crippen LogP contribution >= 0.6 is 0 Å². The largest absolute Gasteiger partial charge is 0.462 e. The van der Waals surface area contributed by atoms with Crippen molar-refractivity contribution < 1.29 is 28.6 Å². The zero-order valence-electron chi connectivity index (χ0n) is 39.4. The van der Waals surface area contributed by atoms with Crippen LogP contribution in [-0.4, -0.2) is 37.2 Å². The Labute approximate surface area is 375 Å². The molecule has 0 N–H and O–H groups in total. The van der Waals surface area contributed by atoms with Crippen molar-refractivity contribution in [2.45, 2.75) is 219 Å². The lowest BCUT2D eigenvalue weighted by Crippen LogP contribution is -2.30. The minimum absolute atomic E-state index is 0.0994. The first-order valence-electron chi connectivity index (χ1n) is 24.7. The fourth-order valence-electron chi connectivity index (χ4n) is 6.36. The molecule has 0 bridgehead atoms. The summed E-state index contributed by atoms with van der Waals surface area (Å²) in [5.74, 6) is -0.984. The molecule has 0 aliphatic heterocycles. The number of carbonyl (C=O) groups excluding carboxylic acids is 3. The molecule has 0 aliphatic rings. The van der Waals surface area contributed by atoms with Gasteiger partial charge in [0, 0.05) is 19.3 Å². The lowest BCUT2D eigenvalue weighted by Gasteiger charge is -2.18. The van der Waals surface area contributed by atoms with Crippen molar-refractivity contribution in [1.29, 1.82) is 0 Å². The highest BCUT2D eigenvalue weighted by atomic mass is 16.6. The molecule has 0 aromatic carbocycles. The van der Waals surface area contributed by atoms with Crippen LogP contribution in [0.5, 0.6) is 0 Å². The monoisotopic (exact) mass is 847 g/mol. The lowest BCUT2D eigenvalue weighted by molar-refractivity contribution is -0.167. The second kappa shape index (κ2) is 49.0. The van der Waals surface area contributed by atoms with Gasteiger partial charge in [0.25, 0.3) is 0 Å². The summed E-state index contributed by atoms with van der Waals surface area (Å²) in [6.45, 7) is 6.39. The van der Waals surface area contributed by atoms with Gasteiger partial charge in [-0.2, -0.15) is 0 Å². The van der Waals surface area contributed by atoms with Crippen molar-refractivity contribution in [2.75, 3.05) is 13.2 Å². The van der Waals surface area contributed by atoms with E-state index in [1.807, 2.05) is 0 Å². The third kappa shape index (κ3) is 47.2. The molecule has 1 unspecified atom stereocenters. The van der Waals surface area contributed by atoms with Gasteiger partial charge in [-0.15, -0.1) is 0 Å². The van der Waals surface area contributed by atoms with E-state index in [4.69, 9.17) is 14.2 Å². The molecular weight excluding hydrogens is 757 g/mol. The molecule has 0 rings (SSSR count). The van der Waals surface area contributed by atoms with Crippen LogP contribution in [0.25, 0.3) is 0 Å². The number of unbranched alkanes of at least 4 members (excludes halogenated alkanes) is 16. The predicted octanol–water partition coefficient (Wildman–Crippen LogP) is 16.2. The van der Waals surface area contributed by atoms with Gasteiger partial charge in [0.2, 0.25) is 0 Å². The van der Waals surface area contributed by atoms with Gasteiger partial charge in [-0.05, 0) is 96.3 Å². The van der Waals surface area contributed by atoms with Crippen LogP contribution in [-0.2, 0) is 28.6 Å². The van der Waals surface area contributed by atoms with Crippen LogP contribution in [0.15, 0.2) is 97.2 Å². The van der Waals surface area contributed by atoms with Crippen LogP contribution in [0.4, 0.5) is 0 Å². The summed E-state index contributed by atoms with van der Waals surface area (Å²) < 4.78 is 16.6. The van der Waals surface area contributed by atoms with E-state index in [1.165, 1.54) is 64.2 Å². The number of hydrogen-bond donors (Lipinski definition) is 0. The standard InChI is InChI=1S/C55H90O6/c1-4-7-10-13-16-18-20-22-23-24-25-26-27-28-29-30-31-33-34-36-39-42-45-48-54(57)60-51-52(50-59-53(56)47-44-41-38-15-12-9-6-3)61-55(58)49-46-43-40-37-35-32-21-19-17-14-11-8-5-2/h7,10,16,18-19,21-23,25-26,28-29,31,33,36,39,52H,4-6,8-9,11-15,17,20,24,27,30,32,34-35,37-38,40-51H2,1-3H3/b10-7-,18-16-,21-19-,23-22-,26-25-,29-28-,33-31-,39-36-. The van der Waals surface area contributed by atoms with Crippen LogP contribution in [0.1, 0.15) is 213 Å². The molecule has 0 amide bonds. The Hall–Kier alpha value is -3.67. The highest BCUT2D eigenvalue weighted by Crippen LogP contribution is 2.12. The third-order valence-electron chi connectivity index (χ3n) is 10.1. The van der Waals surface area contributed by atoms with Crippen LogP contribution in [0.2, 0.25) is 0 Å². The summed E-state index contributed by atoms with van der Waals surface area (Å²) in [4.78, 5) is 37.7. The van der Waals surface area contributed by atoms with E-state index in [0.717, 1.165) is 103 Å². The highest BCUT2D eigenvalue weighted by molar-refractivity contribution is 5.71. The van der Waals surface area contributed by atoms with E-state index >= 15 is 0 Å². The van der Waals surface area contributed by atoms with E-state index in [-0.39, 0.29) is 37.5 Å². The molecular formula is C55H90O6. The molecule has 61 heavy (non-hydrogen) atoms. The summed E-state index contributed by atoms with van der Waals surface area (Å²) in [5, 5.41) is 0. The molecule has 6 nitrogen and oxygen atoms in total. The average molecular weight is 847 g/mol. The fourth-order valence-corrected chi connectivity index (χ4v) is 6.36. The van der Waals surface area contributed by atoms with E-state index in [0.29, 0.717) is 19.3 Å². The molecule has 0 aromatic heterocycles. The summed E-state index contributed by atoms with van der Waals surface area (Å²) in [5.41, 5.74) is 0. The molecule has 0 heterocycles. The molecule has 1 atom stereocenters. The van der Waals surface area contributed by atoms with Crippen molar-refractivity contribution in [3.63, 3.8) is 0 Å². The van der Waals surface area contributed by atoms with Gasteiger partial charge >= 0.3 is 17.9 Å². The minimum Gasteiger partial charge on any atom is -0.462 e. The normalized spacial score (nSPS) is 12.9. The Morgan fingerprint density at radius 2 is 0.656 bits per heavy atom. The maximum Gasteiger partial charge on any atom is 0.306 e. The minimum atomic E-state index is -0.801. The van der Waals surface area contributed by atoms with E-state index < -0.39 is 6.10 Å². The number of ether oxygens (including phenoxy) is 3. The summed E-state index contributed by atoms with van der Waals surface area (Å²) in [6.07, 6.45) is 64.1. The quantitative estimate of drug-likeness (QED) is 0.0263. The molecule has 0 spiro atoms. The highest BCUT2D eigenvalue weighted by Gasteiger charge is 2.19. The predicted molar refractivity (Wildman–Crippen MR) is 260 cm³/mol.